The molecule has 0 unspecified atom stereocenters. The van der Waals surface area contributed by atoms with Crippen LogP contribution in [-0.2, 0) is 23.7 Å². The number of para-hydroxylation sites is 1. The van der Waals surface area contributed by atoms with Crippen LogP contribution in [0.3, 0.4) is 0 Å². The lowest BCUT2D eigenvalue weighted by Crippen LogP contribution is -2.33. The molecule has 0 radical (unpaired) electrons. The fourth-order valence-corrected chi connectivity index (χ4v) is 4.66. The summed E-state index contributed by atoms with van der Waals surface area (Å²) in [6.45, 7) is -0.936. The van der Waals surface area contributed by atoms with Crippen molar-refractivity contribution in [3.05, 3.63) is 107 Å². The number of amides is 2. The highest BCUT2D eigenvalue weighted by Gasteiger charge is 2.37. The van der Waals surface area contributed by atoms with Crippen molar-refractivity contribution in [3.63, 3.8) is 0 Å². The van der Waals surface area contributed by atoms with E-state index >= 15 is 0 Å². The summed E-state index contributed by atoms with van der Waals surface area (Å²) < 4.78 is 92.6. The molecule has 2 N–H and O–H groups in total. The van der Waals surface area contributed by atoms with Gasteiger partial charge in [0.1, 0.15) is 16.9 Å². The van der Waals surface area contributed by atoms with E-state index in [4.69, 9.17) is 14.3 Å². The van der Waals surface area contributed by atoms with Crippen LogP contribution < -0.4 is 15.0 Å². The van der Waals surface area contributed by atoms with E-state index in [1.807, 2.05) is 0 Å². The minimum Gasteiger partial charge on any atom is -0.481 e. The zero-order valence-electron chi connectivity index (χ0n) is 23.4. The molecule has 0 atom stereocenters. The Morgan fingerprint density at radius 3 is 2.04 bits per heavy atom. The van der Waals surface area contributed by atoms with E-state index in [0.29, 0.717) is 34.1 Å². The van der Waals surface area contributed by atoms with E-state index in [1.165, 1.54) is 36.4 Å². The number of nitrogens with one attached hydrogen (secondary N) is 1. The van der Waals surface area contributed by atoms with Crippen LogP contribution >= 0.6 is 0 Å². The first-order valence-corrected chi connectivity index (χ1v) is 13.5. The van der Waals surface area contributed by atoms with Crippen molar-refractivity contribution >= 4 is 45.6 Å². The molecular weight excluding hydrogens is 622 g/mol. The molecule has 0 saturated heterocycles. The van der Waals surface area contributed by atoms with Crippen molar-refractivity contribution < 1.29 is 55.0 Å². The Morgan fingerprint density at radius 1 is 0.783 bits per heavy atom. The minimum atomic E-state index is -5.11. The largest absolute Gasteiger partial charge is 0.481 e. The maximum absolute atomic E-state index is 13.6. The van der Waals surface area contributed by atoms with Gasteiger partial charge in [-0.05, 0) is 72.3 Å². The number of aliphatic carboxylic acids is 1. The van der Waals surface area contributed by atoms with Gasteiger partial charge < -0.3 is 19.6 Å². The van der Waals surface area contributed by atoms with Gasteiger partial charge in [-0.3, -0.25) is 14.5 Å². The summed E-state index contributed by atoms with van der Waals surface area (Å²) >= 11 is 0. The van der Waals surface area contributed by atoms with Gasteiger partial charge in [-0.25, -0.2) is 4.79 Å². The van der Waals surface area contributed by atoms with Gasteiger partial charge in [-0.1, -0.05) is 18.2 Å². The number of furan rings is 1. The second-order valence-electron chi connectivity index (χ2n) is 10.1. The Kier molecular flexibility index (Phi) is 8.64. The number of halogens is 6. The highest BCUT2D eigenvalue weighted by molar-refractivity contribution is 6.05. The van der Waals surface area contributed by atoms with E-state index in [9.17, 15) is 40.7 Å². The summed E-state index contributed by atoms with van der Waals surface area (Å²) in [5.74, 6) is -1.76. The first kappa shape index (κ1) is 31.9. The average Bonchev–Trinajstić information content (AvgIpc) is 3.37. The highest BCUT2D eigenvalue weighted by atomic mass is 19.4. The molecule has 1 heterocycles. The number of nitrogens with zero attached hydrogens (tertiary/aromatic N) is 1. The first-order valence-electron chi connectivity index (χ1n) is 13.5. The molecule has 0 fully saturated rings. The third-order valence-corrected chi connectivity index (χ3v) is 6.83. The summed E-state index contributed by atoms with van der Waals surface area (Å²) in [7, 11) is 0. The second-order valence-corrected chi connectivity index (χ2v) is 10.1. The fourth-order valence-electron chi connectivity index (χ4n) is 4.66. The lowest BCUT2D eigenvalue weighted by molar-refractivity contribution is -0.143. The van der Waals surface area contributed by atoms with Crippen LogP contribution in [0.2, 0.25) is 0 Å². The molecule has 4 aromatic carbocycles. The molecule has 0 saturated carbocycles. The molecule has 0 bridgehead atoms. The zero-order chi connectivity index (χ0) is 33.2. The molecule has 0 spiro atoms. The Morgan fingerprint density at radius 2 is 1.41 bits per heavy atom. The number of carbonyl (C=O) groups excluding carboxylic acids is 2. The van der Waals surface area contributed by atoms with Gasteiger partial charge in [0.15, 0.2) is 0 Å². The van der Waals surface area contributed by atoms with Gasteiger partial charge in [0.05, 0.1) is 24.1 Å². The summed E-state index contributed by atoms with van der Waals surface area (Å²) in [6, 6.07) is 17.5. The van der Waals surface area contributed by atoms with E-state index in [-0.39, 0.29) is 36.0 Å². The van der Waals surface area contributed by atoms with Crippen LogP contribution in [0.4, 0.5) is 36.8 Å². The van der Waals surface area contributed by atoms with Crippen molar-refractivity contribution in [1.29, 1.82) is 0 Å². The first-order chi connectivity index (χ1) is 21.7. The molecule has 1 aromatic heterocycles. The molecule has 0 aliphatic heterocycles. The predicted octanol–water partition coefficient (Wildman–Crippen LogP) is 8.03. The number of ether oxygens (including phenoxy) is 1. The van der Waals surface area contributed by atoms with Crippen molar-refractivity contribution in [1.82, 2.24) is 5.32 Å². The van der Waals surface area contributed by atoms with Gasteiger partial charge in [-0.2, -0.15) is 26.3 Å². The molecule has 5 aromatic rings. The topological polar surface area (TPSA) is 109 Å². The third-order valence-electron chi connectivity index (χ3n) is 6.83. The lowest BCUT2D eigenvalue weighted by atomic mass is 10.0. The Hall–Kier alpha value is -5.53. The number of hydrogen-bond acceptors (Lipinski definition) is 5. The third kappa shape index (κ3) is 7.22. The number of carbonyl (C=O) groups is 3. The number of benzene rings is 4. The number of rotatable bonds is 8. The fraction of sp³-hybridized carbons (Fsp3) is 0.156. The van der Waals surface area contributed by atoms with Crippen molar-refractivity contribution in [2.75, 3.05) is 11.4 Å². The average molecular weight is 645 g/mol. The maximum atomic E-state index is 13.6. The normalized spacial score (nSPS) is 11.9. The SMILES string of the molecule is O=C(O)CCNC(=O)c1ccc(N(Cc2cc(C(F)(F)F)cc(C(F)(F)F)c2)C(=O)Oc2ccc3oc4ccccc4c3c2)cc1. The Labute approximate surface area is 255 Å². The van der Waals surface area contributed by atoms with E-state index in [2.05, 4.69) is 5.32 Å². The van der Waals surface area contributed by atoms with Gasteiger partial charge >= 0.3 is 24.4 Å². The number of carboxylic acids is 1. The standard InChI is InChI=1S/C32H22F6N2O6/c33-31(34,35)20-13-18(14-21(15-20)32(36,37)38)17-40(22-7-5-19(6-8-22)29(43)39-12-11-28(41)42)30(44)45-23-9-10-27-25(16-23)24-3-1-2-4-26(24)46-27/h1-10,13-16H,11-12,17H2,(H,39,43)(H,41,42). The van der Waals surface area contributed by atoms with Crippen LogP contribution in [0.5, 0.6) is 5.75 Å². The summed E-state index contributed by atoms with van der Waals surface area (Å²) in [4.78, 5) is 37.5. The van der Waals surface area contributed by atoms with Gasteiger partial charge in [-0.15, -0.1) is 0 Å². The molecule has 2 amide bonds. The van der Waals surface area contributed by atoms with Crippen molar-refractivity contribution in [2.24, 2.45) is 0 Å². The van der Waals surface area contributed by atoms with E-state index in [0.717, 1.165) is 4.90 Å². The minimum absolute atomic E-state index is 0.0171. The summed E-state index contributed by atoms with van der Waals surface area (Å²) in [5, 5.41) is 12.5. The van der Waals surface area contributed by atoms with Gasteiger partial charge in [0.2, 0.25) is 0 Å². The molecule has 5 rings (SSSR count). The molecule has 46 heavy (non-hydrogen) atoms. The number of carboxylic acid groups (broad SMARTS) is 1. The molecule has 8 nitrogen and oxygen atoms in total. The Bertz CT molecular complexity index is 1900. The van der Waals surface area contributed by atoms with Gasteiger partial charge in [0, 0.05) is 28.6 Å². The van der Waals surface area contributed by atoms with E-state index < -0.39 is 53.6 Å². The number of anilines is 1. The quantitative estimate of drug-likeness (QED) is 0.166. The molecule has 0 aliphatic rings. The molecule has 0 aliphatic carbocycles. The van der Waals surface area contributed by atoms with Crippen molar-refractivity contribution in [3.8, 4) is 5.75 Å². The smallest absolute Gasteiger partial charge is 0.420 e. The van der Waals surface area contributed by atoms with Crippen molar-refractivity contribution in [2.45, 2.75) is 25.3 Å². The highest BCUT2D eigenvalue weighted by Crippen LogP contribution is 2.37. The van der Waals surface area contributed by atoms with Crippen LogP contribution in [0.15, 0.2) is 89.3 Å². The zero-order valence-corrected chi connectivity index (χ0v) is 23.4. The van der Waals surface area contributed by atoms with Gasteiger partial charge in [0.25, 0.3) is 5.91 Å². The monoisotopic (exact) mass is 644 g/mol. The number of alkyl halides is 6. The Balaban J connectivity index is 1.49. The summed E-state index contributed by atoms with van der Waals surface area (Å²) in [5.41, 5.74) is -2.53. The lowest BCUT2D eigenvalue weighted by Gasteiger charge is -2.24. The van der Waals surface area contributed by atoms with Crippen LogP contribution in [-0.4, -0.2) is 29.6 Å². The molecule has 14 heteroatoms. The second kappa shape index (κ2) is 12.5. The molecular formula is C32H22F6N2O6. The van der Waals surface area contributed by atoms with E-state index in [1.54, 1.807) is 30.3 Å². The number of fused-ring (bicyclic) bond motifs is 3. The van der Waals surface area contributed by atoms with Crippen LogP contribution in [0.1, 0.15) is 33.5 Å². The van der Waals surface area contributed by atoms with Crippen LogP contribution in [0, 0.1) is 0 Å². The maximum Gasteiger partial charge on any atom is 0.420 e. The predicted molar refractivity (Wildman–Crippen MR) is 153 cm³/mol. The molecule has 238 valence electrons. The number of hydrogen-bond donors (Lipinski definition) is 2. The van der Waals surface area contributed by atoms with Crippen LogP contribution in [0.25, 0.3) is 21.9 Å². The summed E-state index contributed by atoms with van der Waals surface area (Å²) in [6.07, 6.45) is -11.7.